The SMILES string of the molecule is CC1=CC(=O)C[C@@H](C)[C@@]1(O)/C=C/C(C)=C\C=O. The molecule has 3 nitrogen and oxygen atoms in total. The molecule has 0 saturated heterocycles. The third-order valence-electron chi connectivity index (χ3n) is 3.20. The van der Waals surface area contributed by atoms with Crippen molar-refractivity contribution in [1.29, 1.82) is 0 Å². The molecular weight excluding hydrogens is 216 g/mol. The molecule has 3 heteroatoms. The van der Waals surface area contributed by atoms with E-state index in [4.69, 9.17) is 0 Å². The Morgan fingerprint density at radius 3 is 2.76 bits per heavy atom. The van der Waals surface area contributed by atoms with Gasteiger partial charge in [-0.2, -0.15) is 0 Å². The van der Waals surface area contributed by atoms with Gasteiger partial charge in [-0.1, -0.05) is 13.0 Å². The Morgan fingerprint density at radius 1 is 1.59 bits per heavy atom. The van der Waals surface area contributed by atoms with Gasteiger partial charge in [0.05, 0.1) is 0 Å². The minimum Gasteiger partial charge on any atom is -0.381 e. The lowest BCUT2D eigenvalue weighted by Gasteiger charge is -2.35. The molecule has 1 aliphatic carbocycles. The number of carbonyl (C=O) groups excluding carboxylic acids is 2. The van der Waals surface area contributed by atoms with Gasteiger partial charge in [-0.15, -0.1) is 0 Å². The monoisotopic (exact) mass is 234 g/mol. The average Bonchev–Trinajstić information content (AvgIpc) is 2.24. The molecule has 2 atom stereocenters. The highest BCUT2D eigenvalue weighted by atomic mass is 16.3. The van der Waals surface area contributed by atoms with Gasteiger partial charge in [0.2, 0.25) is 0 Å². The molecule has 0 amide bonds. The minimum atomic E-state index is -1.09. The Morgan fingerprint density at radius 2 is 2.24 bits per heavy atom. The summed E-state index contributed by atoms with van der Waals surface area (Å²) in [6.45, 7) is 5.38. The number of aldehydes is 1. The lowest BCUT2D eigenvalue weighted by atomic mass is 9.75. The molecule has 1 N–H and O–H groups in total. The fraction of sp³-hybridized carbons (Fsp3) is 0.429. The summed E-state index contributed by atoms with van der Waals surface area (Å²) < 4.78 is 0. The predicted molar refractivity (Wildman–Crippen MR) is 66.5 cm³/mol. The lowest BCUT2D eigenvalue weighted by molar-refractivity contribution is -0.118. The van der Waals surface area contributed by atoms with Crippen LogP contribution in [-0.4, -0.2) is 22.8 Å². The zero-order chi connectivity index (χ0) is 13.1. The normalized spacial score (nSPS) is 30.6. The summed E-state index contributed by atoms with van der Waals surface area (Å²) in [7, 11) is 0. The summed E-state index contributed by atoms with van der Waals surface area (Å²) in [5, 5.41) is 10.5. The second-order valence-corrected chi connectivity index (χ2v) is 4.60. The van der Waals surface area contributed by atoms with Crippen molar-refractivity contribution in [2.75, 3.05) is 0 Å². The first-order chi connectivity index (χ1) is 7.90. The first kappa shape index (κ1) is 13.6. The second-order valence-electron chi connectivity index (χ2n) is 4.60. The average molecular weight is 234 g/mol. The highest BCUT2D eigenvalue weighted by molar-refractivity contribution is 5.92. The van der Waals surface area contributed by atoms with Crippen LogP contribution < -0.4 is 0 Å². The summed E-state index contributed by atoms with van der Waals surface area (Å²) in [5.74, 6) is -0.103. The molecule has 92 valence electrons. The molecule has 1 rings (SSSR count). The fourth-order valence-electron chi connectivity index (χ4n) is 1.98. The molecule has 0 fully saturated rings. The van der Waals surface area contributed by atoms with Crippen LogP contribution in [0.1, 0.15) is 27.2 Å². The number of allylic oxidation sites excluding steroid dienone is 4. The standard InChI is InChI=1S/C14H18O3/c1-10(5-7-15)4-6-14(17)11(2)8-13(16)9-12(14)3/h4-8,12,17H,9H2,1-3H3/b6-4+,10-5-/t12-,14-/m1/s1. The topological polar surface area (TPSA) is 54.4 Å². The number of aliphatic hydroxyl groups is 1. The van der Waals surface area contributed by atoms with Crippen LogP contribution in [0.3, 0.4) is 0 Å². The first-order valence-electron chi connectivity index (χ1n) is 5.65. The van der Waals surface area contributed by atoms with Gasteiger partial charge in [0, 0.05) is 6.42 Å². The molecule has 0 spiro atoms. The van der Waals surface area contributed by atoms with E-state index >= 15 is 0 Å². The third kappa shape index (κ3) is 3.01. The molecule has 0 saturated carbocycles. The summed E-state index contributed by atoms with van der Waals surface area (Å²) in [4.78, 5) is 21.6. The molecule has 0 aromatic carbocycles. The zero-order valence-corrected chi connectivity index (χ0v) is 10.4. The van der Waals surface area contributed by atoms with E-state index < -0.39 is 5.60 Å². The smallest absolute Gasteiger partial charge is 0.156 e. The molecule has 0 aromatic heterocycles. The van der Waals surface area contributed by atoms with Crippen molar-refractivity contribution in [2.45, 2.75) is 32.8 Å². The maximum absolute atomic E-state index is 11.3. The van der Waals surface area contributed by atoms with Gasteiger partial charge in [0.25, 0.3) is 0 Å². The van der Waals surface area contributed by atoms with Crippen LogP contribution in [0.15, 0.2) is 35.5 Å². The zero-order valence-electron chi connectivity index (χ0n) is 10.4. The van der Waals surface area contributed by atoms with E-state index in [9.17, 15) is 14.7 Å². The van der Waals surface area contributed by atoms with Crippen LogP contribution in [0.5, 0.6) is 0 Å². The molecule has 1 aliphatic rings. The summed E-state index contributed by atoms with van der Waals surface area (Å²) >= 11 is 0. The van der Waals surface area contributed by atoms with E-state index in [0.29, 0.717) is 18.3 Å². The molecule has 0 aliphatic heterocycles. The van der Waals surface area contributed by atoms with Crippen molar-refractivity contribution in [1.82, 2.24) is 0 Å². The van der Waals surface area contributed by atoms with Crippen molar-refractivity contribution in [3.63, 3.8) is 0 Å². The van der Waals surface area contributed by atoms with Crippen LogP contribution >= 0.6 is 0 Å². The minimum absolute atomic E-state index is 0.0493. The highest BCUT2D eigenvalue weighted by Crippen LogP contribution is 2.34. The molecule has 17 heavy (non-hydrogen) atoms. The molecular formula is C14H18O3. The van der Waals surface area contributed by atoms with E-state index in [1.54, 1.807) is 26.0 Å². The van der Waals surface area contributed by atoms with E-state index in [1.807, 2.05) is 6.92 Å². The van der Waals surface area contributed by atoms with Gasteiger partial charge in [-0.25, -0.2) is 0 Å². The van der Waals surface area contributed by atoms with Crippen molar-refractivity contribution in [2.24, 2.45) is 5.92 Å². The third-order valence-corrected chi connectivity index (χ3v) is 3.20. The second kappa shape index (κ2) is 5.23. The Hall–Kier alpha value is -1.48. The van der Waals surface area contributed by atoms with Crippen LogP contribution in [0.25, 0.3) is 0 Å². The number of ketones is 1. The largest absolute Gasteiger partial charge is 0.381 e. The van der Waals surface area contributed by atoms with E-state index in [1.165, 1.54) is 12.2 Å². The molecule has 0 unspecified atom stereocenters. The summed E-state index contributed by atoms with van der Waals surface area (Å²) in [6, 6.07) is 0. The van der Waals surface area contributed by atoms with Gasteiger partial charge in [-0.3, -0.25) is 9.59 Å². The quantitative estimate of drug-likeness (QED) is 0.461. The van der Waals surface area contributed by atoms with Gasteiger partial charge in [0.1, 0.15) is 11.9 Å². The maximum atomic E-state index is 11.3. The Balaban J connectivity index is 3.01. The number of carbonyl (C=O) groups is 2. The fourth-order valence-corrected chi connectivity index (χ4v) is 1.98. The van der Waals surface area contributed by atoms with Crippen molar-refractivity contribution in [3.05, 3.63) is 35.5 Å². The van der Waals surface area contributed by atoms with Crippen molar-refractivity contribution >= 4 is 12.1 Å². The maximum Gasteiger partial charge on any atom is 0.156 e. The summed E-state index contributed by atoms with van der Waals surface area (Å²) in [5.41, 5.74) is 0.327. The van der Waals surface area contributed by atoms with Gasteiger partial charge >= 0.3 is 0 Å². The number of hydrogen-bond acceptors (Lipinski definition) is 3. The van der Waals surface area contributed by atoms with E-state index in [-0.39, 0.29) is 11.7 Å². The number of hydrogen-bond donors (Lipinski definition) is 1. The van der Waals surface area contributed by atoms with Gasteiger partial charge in [-0.05, 0) is 49.1 Å². The van der Waals surface area contributed by atoms with Crippen LogP contribution in [-0.2, 0) is 9.59 Å². The molecule has 0 heterocycles. The molecule has 0 aromatic rings. The Kier molecular flexibility index (Phi) is 4.18. The number of rotatable bonds is 3. The highest BCUT2D eigenvalue weighted by Gasteiger charge is 2.37. The van der Waals surface area contributed by atoms with Crippen LogP contribution in [0.2, 0.25) is 0 Å². The van der Waals surface area contributed by atoms with Crippen LogP contribution in [0.4, 0.5) is 0 Å². The van der Waals surface area contributed by atoms with Gasteiger partial charge < -0.3 is 5.11 Å². The Labute approximate surface area is 102 Å². The van der Waals surface area contributed by atoms with Gasteiger partial charge in [0.15, 0.2) is 5.78 Å². The first-order valence-corrected chi connectivity index (χ1v) is 5.65. The lowest BCUT2D eigenvalue weighted by Crippen LogP contribution is -2.40. The molecule has 0 radical (unpaired) electrons. The Bertz CT molecular complexity index is 415. The van der Waals surface area contributed by atoms with Crippen LogP contribution in [0, 0.1) is 5.92 Å². The van der Waals surface area contributed by atoms with Crippen molar-refractivity contribution < 1.29 is 14.7 Å². The van der Waals surface area contributed by atoms with Crippen molar-refractivity contribution in [3.8, 4) is 0 Å². The van der Waals surface area contributed by atoms with E-state index in [0.717, 1.165) is 5.57 Å². The predicted octanol–water partition coefficient (Wildman–Crippen LogP) is 1.97. The molecule has 0 bridgehead atoms. The summed E-state index contributed by atoms with van der Waals surface area (Å²) in [6.07, 6.45) is 7.33. The van der Waals surface area contributed by atoms with E-state index in [2.05, 4.69) is 0 Å².